The van der Waals surface area contributed by atoms with E-state index in [4.69, 9.17) is 0 Å². The molecule has 0 saturated carbocycles. The zero-order valence-corrected chi connectivity index (χ0v) is 11.9. The van der Waals surface area contributed by atoms with E-state index in [2.05, 4.69) is 0 Å². The van der Waals surface area contributed by atoms with Crippen molar-refractivity contribution in [2.24, 2.45) is 0 Å². The Bertz CT molecular complexity index is 58.0. The van der Waals surface area contributed by atoms with Gasteiger partial charge in [-0.25, -0.2) is 0 Å². The molecule has 0 aliphatic carbocycles. The molecular weight excluding hydrogens is 403 g/mol. The zero-order valence-electron chi connectivity index (χ0n) is 5.33. The summed E-state index contributed by atoms with van der Waals surface area (Å²) < 4.78 is 78.0. The quantitative estimate of drug-likeness (QED) is 0.428. The molecule has 0 aliphatic heterocycles. The molecule has 0 N–H and O–H groups in total. The molecule has 0 unspecified atom stereocenters. The van der Waals surface area contributed by atoms with Gasteiger partial charge >= 0.3 is 66.2 Å². The summed E-state index contributed by atoms with van der Waals surface area (Å²) in [4.78, 5) is 0. The van der Waals surface area contributed by atoms with E-state index < -0.39 is 14.5 Å². The molecule has 0 amide bonds. The summed E-state index contributed by atoms with van der Waals surface area (Å²) >= 11 is 0. The van der Waals surface area contributed by atoms with Crippen LogP contribution in [-0.4, -0.2) is 66.2 Å². The van der Waals surface area contributed by atoms with Crippen LogP contribution in [0.5, 0.6) is 0 Å². The van der Waals surface area contributed by atoms with Crippen LogP contribution in [0.4, 0.5) is 34.5 Å². The second kappa shape index (κ2) is 8.89. The molecule has 0 spiro atoms. The molecule has 12 heavy (non-hydrogen) atoms. The van der Waals surface area contributed by atoms with Crippen molar-refractivity contribution >= 4 is 66.2 Å². The van der Waals surface area contributed by atoms with Crippen molar-refractivity contribution in [3.63, 3.8) is 0 Å². The molecule has 0 aliphatic rings. The van der Waals surface area contributed by atoms with Gasteiger partial charge in [0.2, 0.25) is 0 Å². The Morgan fingerprint density at radius 3 is 0.417 bits per heavy atom. The monoisotopic (exact) mass is 404 g/mol. The number of rotatable bonds is 0. The van der Waals surface area contributed by atoms with Crippen LogP contribution in [0.2, 0.25) is 0 Å². The van der Waals surface area contributed by atoms with E-state index in [1.165, 1.54) is 0 Å². The average Bonchev–Trinajstić information content (AvgIpc) is 1.12. The van der Waals surface area contributed by atoms with Gasteiger partial charge in [0.15, 0.2) is 0 Å². The van der Waals surface area contributed by atoms with Crippen LogP contribution >= 0.6 is 0 Å². The van der Waals surface area contributed by atoms with Gasteiger partial charge in [0.05, 0.1) is 0 Å². The first-order valence-corrected chi connectivity index (χ1v) is 1.75. The van der Waals surface area contributed by atoms with Gasteiger partial charge in [0.25, 0.3) is 0 Å². The molecular formula is B2F8In2+4. The minimum Gasteiger partial charge on any atom is -0.418 e. The predicted octanol–water partition coefficient (Wildman–Crippen LogP) is 1.84. The molecule has 12 heteroatoms. The van der Waals surface area contributed by atoms with Gasteiger partial charge in [0.1, 0.15) is 0 Å². The molecule has 0 fully saturated rings. The average molecular weight is 403 g/mol. The van der Waals surface area contributed by atoms with Gasteiger partial charge in [-0.05, 0) is 0 Å². The SMILES string of the molecule is F[B-](F)(F)F.F[B-](F)(F)F.[In+3].[In+3]. The molecule has 64 valence electrons. The third-order valence-corrected chi connectivity index (χ3v) is 0. The van der Waals surface area contributed by atoms with E-state index in [9.17, 15) is 34.5 Å². The smallest absolute Gasteiger partial charge is 0.418 e. The molecule has 0 radical (unpaired) electrons. The van der Waals surface area contributed by atoms with E-state index in [0.717, 1.165) is 0 Å². The molecule has 0 nitrogen and oxygen atoms in total. The first kappa shape index (κ1) is 23.3. The van der Waals surface area contributed by atoms with Crippen molar-refractivity contribution in [2.75, 3.05) is 0 Å². The van der Waals surface area contributed by atoms with E-state index >= 15 is 0 Å². The van der Waals surface area contributed by atoms with Crippen LogP contribution < -0.4 is 0 Å². The fourth-order valence-electron chi connectivity index (χ4n) is 0. The standard InChI is InChI=1S/2BF4.2In/c2*2-1(3,4)5;;/q2*-1;2*+3. The van der Waals surface area contributed by atoms with Gasteiger partial charge < -0.3 is 34.5 Å². The van der Waals surface area contributed by atoms with Crippen LogP contribution in [0, 0.1) is 0 Å². The summed E-state index contributed by atoms with van der Waals surface area (Å²) in [5.41, 5.74) is 0. The van der Waals surface area contributed by atoms with Crippen molar-refractivity contribution in [3.8, 4) is 0 Å². The Labute approximate surface area is 100 Å². The Morgan fingerprint density at radius 2 is 0.417 bits per heavy atom. The Balaban J connectivity index is -0.0000000457. The van der Waals surface area contributed by atoms with E-state index in [1.54, 1.807) is 0 Å². The minimum absolute atomic E-state index is 0. The third kappa shape index (κ3) is 700. The molecule has 0 aromatic rings. The number of hydrogen-bond donors (Lipinski definition) is 0. The Kier molecular flexibility index (Phi) is 17.2. The van der Waals surface area contributed by atoms with Crippen molar-refractivity contribution < 1.29 is 34.5 Å². The normalized spacial score (nSPS) is 10.0. The van der Waals surface area contributed by atoms with Crippen molar-refractivity contribution in [1.82, 2.24) is 0 Å². The predicted molar refractivity (Wildman–Crippen MR) is 31.9 cm³/mol. The van der Waals surface area contributed by atoms with Crippen LogP contribution in [0.1, 0.15) is 0 Å². The largest absolute Gasteiger partial charge is 3.00 e. The first-order valence-electron chi connectivity index (χ1n) is 1.75. The number of hydrogen-bond acceptors (Lipinski definition) is 0. The van der Waals surface area contributed by atoms with Crippen molar-refractivity contribution in [2.45, 2.75) is 0 Å². The zero-order chi connectivity index (χ0) is 9.00. The maximum Gasteiger partial charge on any atom is 3.00 e. The molecule has 0 saturated heterocycles. The van der Waals surface area contributed by atoms with Gasteiger partial charge in [-0.15, -0.1) is 0 Å². The van der Waals surface area contributed by atoms with Crippen LogP contribution in [-0.2, 0) is 0 Å². The number of halogens is 8. The maximum atomic E-state index is 9.75. The fourth-order valence-corrected chi connectivity index (χ4v) is 0. The molecule has 0 rings (SSSR count). The van der Waals surface area contributed by atoms with Crippen LogP contribution in [0.25, 0.3) is 0 Å². The minimum atomic E-state index is -6.00. The van der Waals surface area contributed by atoms with Gasteiger partial charge in [-0.3, -0.25) is 0 Å². The Morgan fingerprint density at radius 1 is 0.417 bits per heavy atom. The van der Waals surface area contributed by atoms with Gasteiger partial charge in [0, 0.05) is 0 Å². The summed E-state index contributed by atoms with van der Waals surface area (Å²) in [6.45, 7) is 0. The first-order chi connectivity index (χ1) is 4.00. The van der Waals surface area contributed by atoms with E-state index in [-0.39, 0.29) is 51.7 Å². The summed E-state index contributed by atoms with van der Waals surface area (Å²) in [7, 11) is -12.0. The summed E-state index contributed by atoms with van der Waals surface area (Å²) in [5, 5.41) is 0. The van der Waals surface area contributed by atoms with Gasteiger partial charge in [-0.1, -0.05) is 0 Å². The summed E-state index contributed by atoms with van der Waals surface area (Å²) in [5.74, 6) is 0. The van der Waals surface area contributed by atoms with E-state index in [0.29, 0.717) is 0 Å². The summed E-state index contributed by atoms with van der Waals surface area (Å²) in [6, 6.07) is 0. The summed E-state index contributed by atoms with van der Waals surface area (Å²) in [6.07, 6.45) is 0. The van der Waals surface area contributed by atoms with Crippen molar-refractivity contribution in [1.29, 1.82) is 0 Å². The molecule has 0 heterocycles. The third-order valence-electron chi connectivity index (χ3n) is 0. The molecule has 0 atom stereocenters. The van der Waals surface area contributed by atoms with Crippen LogP contribution in [0.15, 0.2) is 0 Å². The molecule has 0 bridgehead atoms. The van der Waals surface area contributed by atoms with Crippen LogP contribution in [0.3, 0.4) is 0 Å². The maximum absolute atomic E-state index is 9.75. The molecule has 0 aromatic carbocycles. The molecule has 0 aromatic heterocycles. The van der Waals surface area contributed by atoms with E-state index in [1.807, 2.05) is 0 Å². The fraction of sp³-hybridized carbons (Fsp3) is 0. The Hall–Kier alpha value is 1.31. The second-order valence-electron chi connectivity index (χ2n) is 0.990. The van der Waals surface area contributed by atoms with Crippen molar-refractivity contribution in [3.05, 3.63) is 0 Å². The second-order valence-corrected chi connectivity index (χ2v) is 0.990. The topological polar surface area (TPSA) is 0 Å². The van der Waals surface area contributed by atoms with Gasteiger partial charge in [-0.2, -0.15) is 0 Å².